The van der Waals surface area contributed by atoms with Gasteiger partial charge in [-0.05, 0) is 25.1 Å². The minimum atomic E-state index is -0.153. The first-order valence-corrected chi connectivity index (χ1v) is 5.63. The van der Waals surface area contributed by atoms with Gasteiger partial charge in [-0.1, -0.05) is 30.7 Å². The Bertz CT molecular complexity index is 536. The third kappa shape index (κ3) is 2.39. The van der Waals surface area contributed by atoms with Gasteiger partial charge in [0, 0.05) is 11.6 Å². The molecule has 86 valence electrons. The maximum absolute atomic E-state index is 11.7. The van der Waals surface area contributed by atoms with Gasteiger partial charge in [-0.3, -0.25) is 4.79 Å². The van der Waals surface area contributed by atoms with E-state index in [-0.39, 0.29) is 5.56 Å². The van der Waals surface area contributed by atoms with Crippen LogP contribution in [0.5, 0.6) is 0 Å². The molecule has 0 atom stereocenters. The van der Waals surface area contributed by atoms with Crippen LogP contribution >= 0.6 is 11.6 Å². The van der Waals surface area contributed by atoms with Crippen LogP contribution in [-0.4, -0.2) is 15.0 Å². The average molecular weight is 240 g/mol. The largest absolute Gasteiger partial charge is 0.277 e. The van der Waals surface area contributed by atoms with E-state index in [2.05, 4.69) is 10.3 Å². The topological polar surface area (TPSA) is 47.8 Å². The summed E-state index contributed by atoms with van der Waals surface area (Å²) >= 11 is 5.79. The quantitative estimate of drug-likeness (QED) is 0.768. The van der Waals surface area contributed by atoms with Crippen molar-refractivity contribution in [1.82, 2.24) is 15.0 Å². The third-order valence-corrected chi connectivity index (χ3v) is 2.22. The lowest BCUT2D eigenvalue weighted by Crippen LogP contribution is -2.23. The molecule has 5 heteroatoms. The first kappa shape index (κ1) is 12.6. The Hall–Kier alpha value is -1.42. The van der Waals surface area contributed by atoms with Crippen molar-refractivity contribution in [3.8, 4) is 0 Å². The summed E-state index contributed by atoms with van der Waals surface area (Å²) in [5.41, 5.74) is 0.420. The van der Waals surface area contributed by atoms with E-state index in [1.54, 1.807) is 18.2 Å². The summed E-state index contributed by atoms with van der Waals surface area (Å²) in [7, 11) is 0. The van der Waals surface area contributed by atoms with Crippen molar-refractivity contribution in [3.05, 3.63) is 33.6 Å². The Morgan fingerprint density at radius 2 is 2.06 bits per heavy atom. The summed E-state index contributed by atoms with van der Waals surface area (Å²) in [6, 6.07) is 4.99. The predicted octanol–water partition coefficient (Wildman–Crippen LogP) is 2.49. The second-order valence-corrected chi connectivity index (χ2v) is 3.31. The molecule has 2 rings (SSSR count). The van der Waals surface area contributed by atoms with Crippen molar-refractivity contribution in [1.29, 1.82) is 0 Å². The first-order chi connectivity index (χ1) is 7.72. The number of halogens is 1. The van der Waals surface area contributed by atoms with E-state index in [0.717, 1.165) is 0 Å². The third-order valence-electron chi connectivity index (χ3n) is 1.98. The number of nitrogens with zero attached hydrogens (tertiary/aromatic N) is 3. The lowest BCUT2D eigenvalue weighted by Gasteiger charge is -2.00. The van der Waals surface area contributed by atoms with E-state index >= 15 is 0 Å². The number of rotatable bonds is 1. The average Bonchev–Trinajstić information content (AvgIpc) is 2.33. The van der Waals surface area contributed by atoms with E-state index in [9.17, 15) is 4.79 Å². The van der Waals surface area contributed by atoms with Crippen LogP contribution in [0.1, 0.15) is 20.8 Å². The number of hydrogen-bond acceptors (Lipinski definition) is 3. The molecule has 0 aliphatic rings. The molecule has 1 heterocycles. The molecule has 0 radical (unpaired) electrons. The fraction of sp³-hybridized carbons (Fsp3) is 0.364. The van der Waals surface area contributed by atoms with Gasteiger partial charge in [-0.2, -0.15) is 0 Å². The molecule has 0 N–H and O–H groups in total. The monoisotopic (exact) mass is 239 g/mol. The van der Waals surface area contributed by atoms with E-state index < -0.39 is 0 Å². The second kappa shape index (κ2) is 5.61. The number of hydrogen-bond donors (Lipinski definition) is 0. The van der Waals surface area contributed by atoms with Crippen LogP contribution in [-0.2, 0) is 6.54 Å². The summed E-state index contributed by atoms with van der Waals surface area (Å²) in [4.78, 5) is 11.7. The van der Waals surface area contributed by atoms with Gasteiger partial charge in [0.2, 0.25) is 0 Å². The minimum absolute atomic E-state index is 0.153. The molecule has 0 saturated heterocycles. The summed E-state index contributed by atoms with van der Waals surface area (Å²) < 4.78 is 1.30. The number of aryl methyl sites for hydroxylation is 1. The van der Waals surface area contributed by atoms with Crippen LogP contribution in [0.4, 0.5) is 0 Å². The Morgan fingerprint density at radius 1 is 1.38 bits per heavy atom. The summed E-state index contributed by atoms with van der Waals surface area (Å²) in [5, 5.41) is 8.72. The van der Waals surface area contributed by atoms with E-state index in [0.29, 0.717) is 22.5 Å². The molecule has 0 unspecified atom stereocenters. The molecular formula is C11H14ClN3O. The van der Waals surface area contributed by atoms with Crippen LogP contribution in [0.2, 0.25) is 5.02 Å². The molecule has 4 nitrogen and oxygen atoms in total. The fourth-order valence-electron chi connectivity index (χ4n) is 1.26. The highest BCUT2D eigenvalue weighted by atomic mass is 35.5. The summed E-state index contributed by atoms with van der Waals surface area (Å²) in [6.07, 6.45) is 0. The first-order valence-electron chi connectivity index (χ1n) is 5.25. The Morgan fingerprint density at radius 3 is 2.69 bits per heavy atom. The van der Waals surface area contributed by atoms with E-state index in [1.165, 1.54) is 4.68 Å². The highest BCUT2D eigenvalue weighted by Gasteiger charge is 2.04. The Balaban J connectivity index is 0.000000606. The smallest absolute Gasteiger partial charge is 0.267 e. The van der Waals surface area contributed by atoms with Gasteiger partial charge >= 0.3 is 0 Å². The minimum Gasteiger partial charge on any atom is -0.267 e. The van der Waals surface area contributed by atoms with E-state index in [1.807, 2.05) is 20.8 Å². The Labute approximate surface area is 98.8 Å². The van der Waals surface area contributed by atoms with E-state index in [4.69, 9.17) is 11.6 Å². The van der Waals surface area contributed by atoms with Gasteiger partial charge in [0.15, 0.2) is 0 Å². The zero-order valence-corrected chi connectivity index (χ0v) is 10.3. The predicted molar refractivity (Wildman–Crippen MR) is 65.8 cm³/mol. The van der Waals surface area contributed by atoms with Crippen molar-refractivity contribution in [2.45, 2.75) is 27.3 Å². The summed E-state index contributed by atoms with van der Waals surface area (Å²) in [5.74, 6) is 0. The van der Waals surface area contributed by atoms with Crippen molar-refractivity contribution in [3.63, 3.8) is 0 Å². The fourth-order valence-corrected chi connectivity index (χ4v) is 1.43. The van der Waals surface area contributed by atoms with Crippen molar-refractivity contribution < 1.29 is 0 Å². The molecule has 2 aromatic rings. The lowest BCUT2D eigenvalue weighted by molar-refractivity contribution is 0.581. The molecule has 0 saturated carbocycles. The molecule has 0 fully saturated rings. The number of aromatic nitrogens is 3. The van der Waals surface area contributed by atoms with Crippen LogP contribution in [0.3, 0.4) is 0 Å². The standard InChI is InChI=1S/C9H8ClN3O.C2H6/c1-2-13-9(14)7-5-6(10)3-4-8(7)11-12-13;1-2/h3-5H,2H2,1H3;1-2H3. The number of fused-ring (bicyclic) bond motifs is 1. The maximum atomic E-state index is 11.7. The molecule has 0 aliphatic carbocycles. The zero-order chi connectivity index (χ0) is 12.1. The normalized spacial score (nSPS) is 9.75. The zero-order valence-electron chi connectivity index (χ0n) is 9.57. The van der Waals surface area contributed by atoms with Crippen molar-refractivity contribution in [2.24, 2.45) is 0 Å². The van der Waals surface area contributed by atoms with Crippen LogP contribution in [0, 0.1) is 0 Å². The van der Waals surface area contributed by atoms with Crippen LogP contribution in [0.25, 0.3) is 10.9 Å². The van der Waals surface area contributed by atoms with Gasteiger partial charge in [-0.15, -0.1) is 5.10 Å². The molecule has 1 aromatic carbocycles. The molecule has 1 aromatic heterocycles. The number of benzene rings is 1. The highest BCUT2D eigenvalue weighted by molar-refractivity contribution is 6.31. The molecule has 0 amide bonds. The Kier molecular flexibility index (Phi) is 4.43. The lowest BCUT2D eigenvalue weighted by atomic mass is 10.2. The molecular weight excluding hydrogens is 226 g/mol. The van der Waals surface area contributed by atoms with Crippen LogP contribution in [0.15, 0.2) is 23.0 Å². The molecule has 0 spiro atoms. The van der Waals surface area contributed by atoms with Gasteiger partial charge in [0.1, 0.15) is 5.52 Å². The maximum Gasteiger partial charge on any atom is 0.277 e. The highest BCUT2D eigenvalue weighted by Crippen LogP contribution is 2.13. The summed E-state index contributed by atoms with van der Waals surface area (Å²) in [6.45, 7) is 6.35. The molecule has 16 heavy (non-hydrogen) atoms. The van der Waals surface area contributed by atoms with Gasteiger partial charge < -0.3 is 0 Å². The SMILES string of the molecule is CC.CCn1nnc2ccc(Cl)cc2c1=O. The van der Waals surface area contributed by atoms with Crippen molar-refractivity contribution in [2.75, 3.05) is 0 Å². The van der Waals surface area contributed by atoms with Gasteiger partial charge in [0.05, 0.1) is 5.39 Å². The molecule has 0 aliphatic heterocycles. The van der Waals surface area contributed by atoms with Crippen LogP contribution < -0.4 is 5.56 Å². The molecule has 0 bridgehead atoms. The second-order valence-electron chi connectivity index (χ2n) is 2.87. The van der Waals surface area contributed by atoms with Crippen molar-refractivity contribution >= 4 is 22.5 Å². The van der Waals surface area contributed by atoms with Gasteiger partial charge in [0.25, 0.3) is 5.56 Å². The van der Waals surface area contributed by atoms with Gasteiger partial charge in [-0.25, -0.2) is 4.68 Å².